The summed E-state index contributed by atoms with van der Waals surface area (Å²) in [6, 6.07) is 6.88. The zero-order chi connectivity index (χ0) is 16.4. The fourth-order valence-electron chi connectivity index (χ4n) is 3.42. The van der Waals surface area contributed by atoms with E-state index >= 15 is 0 Å². The molecule has 0 atom stereocenters. The van der Waals surface area contributed by atoms with Gasteiger partial charge < -0.3 is 10.2 Å². The molecule has 2 heterocycles. The van der Waals surface area contributed by atoms with Crippen LogP contribution in [0.3, 0.4) is 0 Å². The fraction of sp³-hybridized carbons (Fsp3) is 0.632. The highest BCUT2D eigenvalue weighted by Crippen LogP contribution is 2.29. The molecule has 0 aliphatic carbocycles. The highest BCUT2D eigenvalue weighted by molar-refractivity contribution is 5.76. The molecule has 4 heteroatoms. The van der Waals surface area contributed by atoms with E-state index in [1.165, 1.54) is 16.7 Å². The minimum atomic E-state index is 0.195. The van der Waals surface area contributed by atoms with Crippen LogP contribution in [0, 0.1) is 0 Å². The van der Waals surface area contributed by atoms with Gasteiger partial charge >= 0.3 is 0 Å². The smallest absolute Gasteiger partial charge is 0.223 e. The van der Waals surface area contributed by atoms with Crippen LogP contribution >= 0.6 is 0 Å². The van der Waals surface area contributed by atoms with Gasteiger partial charge in [-0.1, -0.05) is 39.0 Å². The summed E-state index contributed by atoms with van der Waals surface area (Å²) in [4.78, 5) is 16.7. The summed E-state index contributed by atoms with van der Waals surface area (Å²) in [7, 11) is 0. The van der Waals surface area contributed by atoms with Crippen LogP contribution in [0.2, 0.25) is 0 Å². The number of nitrogens with one attached hydrogen (secondary N) is 1. The molecule has 0 unspecified atom stereocenters. The molecule has 1 amide bonds. The van der Waals surface area contributed by atoms with Crippen molar-refractivity contribution in [2.45, 2.75) is 45.7 Å². The van der Waals surface area contributed by atoms with Crippen LogP contribution < -0.4 is 5.32 Å². The molecule has 0 radical (unpaired) electrons. The summed E-state index contributed by atoms with van der Waals surface area (Å²) in [5, 5.41) is 3.29. The number of hydrogen-bond donors (Lipinski definition) is 1. The van der Waals surface area contributed by atoms with Crippen LogP contribution in [0.15, 0.2) is 18.2 Å². The fourth-order valence-corrected chi connectivity index (χ4v) is 3.42. The topological polar surface area (TPSA) is 35.6 Å². The Morgan fingerprint density at radius 1 is 1.13 bits per heavy atom. The van der Waals surface area contributed by atoms with E-state index in [4.69, 9.17) is 0 Å². The minimum absolute atomic E-state index is 0.195. The van der Waals surface area contributed by atoms with E-state index in [2.05, 4.69) is 49.2 Å². The number of fused-ring (bicyclic) bond motifs is 1. The Morgan fingerprint density at radius 3 is 2.52 bits per heavy atom. The maximum Gasteiger partial charge on any atom is 0.223 e. The van der Waals surface area contributed by atoms with Crippen molar-refractivity contribution in [3.63, 3.8) is 0 Å². The van der Waals surface area contributed by atoms with Crippen LogP contribution in [0.25, 0.3) is 0 Å². The second kappa shape index (κ2) is 6.62. The Labute approximate surface area is 139 Å². The van der Waals surface area contributed by atoms with Crippen molar-refractivity contribution in [3.05, 3.63) is 34.9 Å². The molecular formula is C19H29N3O. The molecule has 0 saturated carbocycles. The second-order valence-corrected chi connectivity index (χ2v) is 7.82. The molecule has 1 aromatic rings. The van der Waals surface area contributed by atoms with E-state index in [0.29, 0.717) is 12.3 Å². The van der Waals surface area contributed by atoms with Gasteiger partial charge in [0.2, 0.25) is 5.91 Å². The predicted molar refractivity (Wildman–Crippen MR) is 93.3 cm³/mol. The predicted octanol–water partition coefficient (Wildman–Crippen LogP) is 2.12. The van der Waals surface area contributed by atoms with Crippen LogP contribution in [0.5, 0.6) is 0 Å². The first-order chi connectivity index (χ1) is 10.9. The Bertz CT molecular complexity index is 570. The molecule has 126 valence electrons. The van der Waals surface area contributed by atoms with Crippen LogP contribution in [0.4, 0.5) is 0 Å². The van der Waals surface area contributed by atoms with Gasteiger partial charge in [0.25, 0.3) is 0 Å². The lowest BCUT2D eigenvalue weighted by Crippen LogP contribution is -2.46. The molecule has 1 aromatic carbocycles. The van der Waals surface area contributed by atoms with Crippen LogP contribution in [-0.2, 0) is 23.3 Å². The van der Waals surface area contributed by atoms with E-state index in [1.54, 1.807) is 0 Å². The summed E-state index contributed by atoms with van der Waals surface area (Å²) < 4.78 is 0. The van der Waals surface area contributed by atoms with Gasteiger partial charge in [-0.05, 0) is 22.1 Å². The molecule has 0 bridgehead atoms. The largest absolute Gasteiger partial charge is 0.340 e. The Balaban J connectivity index is 1.54. The van der Waals surface area contributed by atoms with Gasteiger partial charge in [0.1, 0.15) is 0 Å². The van der Waals surface area contributed by atoms with E-state index in [0.717, 1.165) is 45.8 Å². The second-order valence-electron chi connectivity index (χ2n) is 7.82. The SMILES string of the molecule is CC(C)(C)c1ccc2c(c1)CN(CCC(=O)N1CCNCC1)C2. The van der Waals surface area contributed by atoms with Gasteiger partial charge in [-0.15, -0.1) is 0 Å². The van der Waals surface area contributed by atoms with Gasteiger partial charge in [-0.3, -0.25) is 9.69 Å². The van der Waals surface area contributed by atoms with Crippen molar-refractivity contribution in [2.75, 3.05) is 32.7 Å². The summed E-state index contributed by atoms with van der Waals surface area (Å²) >= 11 is 0. The third-order valence-electron chi connectivity index (χ3n) is 4.97. The molecule has 1 N–H and O–H groups in total. The quantitative estimate of drug-likeness (QED) is 0.928. The molecule has 0 aromatic heterocycles. The number of piperazine rings is 1. The standard InChI is InChI=1S/C19H29N3O/c1-19(2,3)17-5-4-15-13-21(14-16(15)12-17)9-6-18(23)22-10-7-20-8-11-22/h4-5,12,20H,6-11,13-14H2,1-3H3. The highest BCUT2D eigenvalue weighted by atomic mass is 16.2. The third kappa shape index (κ3) is 3.93. The molecule has 1 fully saturated rings. The van der Waals surface area contributed by atoms with Crippen molar-refractivity contribution >= 4 is 5.91 Å². The van der Waals surface area contributed by atoms with Crippen LogP contribution in [-0.4, -0.2) is 48.4 Å². The van der Waals surface area contributed by atoms with Gasteiger partial charge in [0.05, 0.1) is 0 Å². The van der Waals surface area contributed by atoms with Crippen molar-refractivity contribution in [1.82, 2.24) is 15.1 Å². The number of carbonyl (C=O) groups is 1. The maximum atomic E-state index is 12.3. The highest BCUT2D eigenvalue weighted by Gasteiger charge is 2.23. The van der Waals surface area contributed by atoms with Gasteiger partial charge in [-0.2, -0.15) is 0 Å². The number of hydrogen-bond acceptors (Lipinski definition) is 3. The van der Waals surface area contributed by atoms with E-state index < -0.39 is 0 Å². The Morgan fingerprint density at radius 2 is 1.83 bits per heavy atom. The molecule has 2 aliphatic rings. The Kier molecular flexibility index (Phi) is 4.74. The van der Waals surface area contributed by atoms with Gasteiger partial charge in [0, 0.05) is 52.2 Å². The summed E-state index contributed by atoms with van der Waals surface area (Å²) in [6.07, 6.45) is 0.639. The van der Waals surface area contributed by atoms with Gasteiger partial charge in [-0.25, -0.2) is 0 Å². The lowest BCUT2D eigenvalue weighted by atomic mass is 9.85. The molecule has 1 saturated heterocycles. The molecule has 4 nitrogen and oxygen atoms in total. The first-order valence-corrected chi connectivity index (χ1v) is 8.76. The number of amides is 1. The lowest BCUT2D eigenvalue weighted by Gasteiger charge is -2.28. The van der Waals surface area contributed by atoms with Crippen molar-refractivity contribution < 1.29 is 4.79 Å². The van der Waals surface area contributed by atoms with E-state index in [1.807, 2.05) is 4.90 Å². The minimum Gasteiger partial charge on any atom is -0.340 e. The maximum absolute atomic E-state index is 12.3. The van der Waals surface area contributed by atoms with Crippen molar-refractivity contribution in [3.8, 4) is 0 Å². The summed E-state index contributed by atoms with van der Waals surface area (Å²) in [5.41, 5.74) is 4.45. The van der Waals surface area contributed by atoms with Gasteiger partial charge in [0.15, 0.2) is 0 Å². The van der Waals surface area contributed by atoms with E-state index in [9.17, 15) is 4.79 Å². The number of benzene rings is 1. The summed E-state index contributed by atoms with van der Waals surface area (Å²) in [6.45, 7) is 13.2. The zero-order valence-electron chi connectivity index (χ0n) is 14.7. The van der Waals surface area contributed by atoms with Crippen molar-refractivity contribution in [1.29, 1.82) is 0 Å². The van der Waals surface area contributed by atoms with E-state index in [-0.39, 0.29) is 5.41 Å². The number of carbonyl (C=O) groups excluding carboxylic acids is 1. The van der Waals surface area contributed by atoms with Crippen molar-refractivity contribution in [2.24, 2.45) is 0 Å². The van der Waals surface area contributed by atoms with Crippen LogP contribution in [0.1, 0.15) is 43.9 Å². The summed E-state index contributed by atoms with van der Waals surface area (Å²) in [5.74, 6) is 0.304. The normalized spacial score (nSPS) is 19.0. The molecule has 3 rings (SSSR count). The zero-order valence-corrected chi connectivity index (χ0v) is 14.7. The molecule has 2 aliphatic heterocycles. The first kappa shape index (κ1) is 16.5. The first-order valence-electron chi connectivity index (χ1n) is 8.76. The molecule has 23 heavy (non-hydrogen) atoms. The molecular weight excluding hydrogens is 286 g/mol. The average molecular weight is 315 g/mol. The average Bonchev–Trinajstić information content (AvgIpc) is 2.94. The monoisotopic (exact) mass is 315 g/mol. The third-order valence-corrected chi connectivity index (χ3v) is 4.97. The number of rotatable bonds is 3. The molecule has 0 spiro atoms. The number of nitrogens with zero attached hydrogens (tertiary/aromatic N) is 2. The lowest BCUT2D eigenvalue weighted by molar-refractivity contribution is -0.132. The Hall–Kier alpha value is -1.39.